The lowest BCUT2D eigenvalue weighted by Gasteiger charge is -2.25. The number of para-hydroxylation sites is 1. The van der Waals surface area contributed by atoms with Crippen molar-refractivity contribution in [1.82, 2.24) is 0 Å². The predicted molar refractivity (Wildman–Crippen MR) is 66.4 cm³/mol. The topological polar surface area (TPSA) is 94.9 Å². The summed E-state index contributed by atoms with van der Waals surface area (Å²) in [6.45, 7) is 0.492. The normalized spacial score (nSPS) is 17.3. The number of rotatable bonds is 3. The van der Waals surface area contributed by atoms with Crippen molar-refractivity contribution < 1.29 is 24.6 Å². The molecule has 7 heteroatoms. The van der Waals surface area contributed by atoms with Crippen molar-refractivity contribution in [2.75, 3.05) is 11.4 Å². The fourth-order valence-electron chi connectivity index (χ4n) is 1.84. The Bertz CT molecular complexity index is 596. The van der Waals surface area contributed by atoms with Crippen molar-refractivity contribution in [2.45, 2.75) is 12.5 Å². The Hall–Kier alpha value is -1.92. The van der Waals surface area contributed by atoms with Gasteiger partial charge in [-0.3, -0.25) is 14.5 Å². The van der Waals surface area contributed by atoms with Crippen LogP contribution in [0.15, 0.2) is 18.2 Å². The van der Waals surface area contributed by atoms with Crippen molar-refractivity contribution in [3.63, 3.8) is 0 Å². The highest BCUT2D eigenvalue weighted by molar-refractivity contribution is 6.54. The maximum atomic E-state index is 11.8. The Morgan fingerprint density at radius 2 is 2.05 bits per heavy atom. The molecule has 0 fully saturated rings. The van der Waals surface area contributed by atoms with Crippen LogP contribution in [0.4, 0.5) is 5.69 Å². The number of β-amino-alcohol motifs (C(OH)–C–C–N with tert-alkyl or cyclic N) is 1. The van der Waals surface area contributed by atoms with Crippen LogP contribution in [0, 0.1) is 0 Å². The van der Waals surface area contributed by atoms with Crippen LogP contribution in [0.1, 0.15) is 17.3 Å². The summed E-state index contributed by atoms with van der Waals surface area (Å²) in [7, 11) is 0. The summed E-state index contributed by atoms with van der Waals surface area (Å²) in [5.74, 6) is -3.16. The van der Waals surface area contributed by atoms with Crippen LogP contribution >= 0.6 is 11.6 Å². The average molecular weight is 284 g/mol. The molecule has 1 aliphatic rings. The first-order valence-electron chi connectivity index (χ1n) is 5.36. The standard InChI is InChI=1S/C12H10ClNO5/c1-12(19,11(17)18)5-14-8-6(9(15)10(14)16)3-2-4-7(8)13/h2-4,19H,5H2,1H3,(H,17,18). The quantitative estimate of drug-likeness (QED) is 0.797. The van der Waals surface area contributed by atoms with E-state index in [2.05, 4.69) is 0 Å². The monoisotopic (exact) mass is 283 g/mol. The summed E-state index contributed by atoms with van der Waals surface area (Å²) in [6, 6.07) is 4.43. The maximum Gasteiger partial charge on any atom is 0.337 e. The van der Waals surface area contributed by atoms with E-state index in [-0.39, 0.29) is 16.3 Å². The summed E-state index contributed by atoms with van der Waals surface area (Å²) >= 11 is 5.93. The number of amides is 1. The highest BCUT2D eigenvalue weighted by Crippen LogP contribution is 2.36. The van der Waals surface area contributed by atoms with Gasteiger partial charge in [0.15, 0.2) is 5.60 Å². The molecule has 2 N–H and O–H groups in total. The first kappa shape index (κ1) is 13.5. The van der Waals surface area contributed by atoms with Crippen LogP contribution < -0.4 is 4.90 Å². The number of Topliss-reactive ketones (excluding diaryl/α,β-unsaturated/α-hetero) is 1. The van der Waals surface area contributed by atoms with Crippen LogP contribution in [0.2, 0.25) is 5.02 Å². The fraction of sp³-hybridized carbons (Fsp3) is 0.250. The molecule has 100 valence electrons. The molecule has 0 aromatic heterocycles. The van der Waals surface area contributed by atoms with Crippen molar-refractivity contribution in [3.05, 3.63) is 28.8 Å². The van der Waals surface area contributed by atoms with E-state index in [1.165, 1.54) is 18.2 Å². The molecular formula is C12H10ClNO5. The second kappa shape index (κ2) is 4.32. The van der Waals surface area contributed by atoms with Gasteiger partial charge in [-0.05, 0) is 19.1 Å². The zero-order valence-corrected chi connectivity index (χ0v) is 10.6. The lowest BCUT2D eigenvalue weighted by Crippen LogP contribution is -2.48. The maximum absolute atomic E-state index is 11.8. The summed E-state index contributed by atoms with van der Waals surface area (Å²) in [5.41, 5.74) is -1.92. The zero-order valence-electron chi connectivity index (χ0n) is 9.88. The number of aliphatic hydroxyl groups is 1. The molecule has 1 aliphatic heterocycles. The number of carbonyl (C=O) groups is 3. The highest BCUT2D eigenvalue weighted by atomic mass is 35.5. The van der Waals surface area contributed by atoms with E-state index in [4.69, 9.17) is 16.7 Å². The van der Waals surface area contributed by atoms with E-state index in [0.717, 1.165) is 11.8 Å². The third-order valence-electron chi connectivity index (χ3n) is 2.87. The Morgan fingerprint density at radius 3 is 2.63 bits per heavy atom. The van der Waals surface area contributed by atoms with Gasteiger partial charge in [-0.25, -0.2) is 4.79 Å². The molecule has 1 aromatic rings. The van der Waals surface area contributed by atoms with Gasteiger partial charge in [-0.1, -0.05) is 17.7 Å². The van der Waals surface area contributed by atoms with Gasteiger partial charge in [0, 0.05) is 0 Å². The molecule has 0 saturated heterocycles. The van der Waals surface area contributed by atoms with Gasteiger partial charge in [0.2, 0.25) is 0 Å². The Labute approximate surface area is 113 Å². The third-order valence-corrected chi connectivity index (χ3v) is 3.17. The number of benzene rings is 1. The summed E-state index contributed by atoms with van der Waals surface area (Å²) < 4.78 is 0. The zero-order chi connectivity index (χ0) is 14.4. The number of hydrogen-bond acceptors (Lipinski definition) is 4. The minimum atomic E-state index is -2.17. The highest BCUT2D eigenvalue weighted by Gasteiger charge is 2.43. The largest absolute Gasteiger partial charge is 0.479 e. The van der Waals surface area contributed by atoms with Crippen molar-refractivity contribution in [1.29, 1.82) is 0 Å². The molecule has 1 heterocycles. The predicted octanol–water partition coefficient (Wildman–Crippen LogP) is 0.705. The summed E-state index contributed by atoms with van der Waals surface area (Å²) in [5, 5.41) is 18.7. The van der Waals surface area contributed by atoms with Gasteiger partial charge < -0.3 is 10.2 Å². The Morgan fingerprint density at radius 1 is 1.42 bits per heavy atom. The van der Waals surface area contributed by atoms with Crippen molar-refractivity contribution >= 4 is 34.9 Å². The molecule has 0 aliphatic carbocycles. The first-order chi connectivity index (χ1) is 8.75. The number of nitrogens with zero attached hydrogens (tertiary/aromatic N) is 1. The van der Waals surface area contributed by atoms with Gasteiger partial charge in [0.05, 0.1) is 22.8 Å². The number of halogens is 1. The summed E-state index contributed by atoms with van der Waals surface area (Å²) in [4.78, 5) is 35.3. The SMILES string of the molecule is CC(O)(CN1C(=O)C(=O)c2cccc(Cl)c21)C(=O)O. The molecule has 1 atom stereocenters. The molecule has 0 spiro atoms. The Kier molecular flexibility index (Phi) is 3.07. The van der Waals surface area contributed by atoms with Crippen LogP contribution in [0.3, 0.4) is 0 Å². The van der Waals surface area contributed by atoms with Crippen LogP contribution in [0.25, 0.3) is 0 Å². The number of hydrogen-bond donors (Lipinski definition) is 2. The van der Waals surface area contributed by atoms with Crippen LogP contribution in [0.5, 0.6) is 0 Å². The van der Waals surface area contributed by atoms with E-state index in [1.807, 2.05) is 0 Å². The molecule has 0 radical (unpaired) electrons. The molecule has 0 bridgehead atoms. The van der Waals surface area contributed by atoms with Crippen molar-refractivity contribution in [2.24, 2.45) is 0 Å². The molecule has 1 aromatic carbocycles. The first-order valence-corrected chi connectivity index (χ1v) is 5.74. The minimum absolute atomic E-state index is 0.110. The molecule has 19 heavy (non-hydrogen) atoms. The molecule has 0 saturated carbocycles. The molecule has 1 amide bonds. The number of carboxylic acids is 1. The third kappa shape index (κ3) is 2.09. The number of aliphatic carboxylic acids is 1. The van der Waals surface area contributed by atoms with Gasteiger partial charge in [-0.2, -0.15) is 0 Å². The molecule has 6 nitrogen and oxygen atoms in total. The molecular weight excluding hydrogens is 274 g/mol. The molecule has 2 rings (SSSR count). The van der Waals surface area contributed by atoms with Gasteiger partial charge in [-0.15, -0.1) is 0 Å². The average Bonchev–Trinajstić information content (AvgIpc) is 2.55. The van der Waals surface area contributed by atoms with Gasteiger partial charge in [0.25, 0.3) is 11.7 Å². The van der Waals surface area contributed by atoms with Gasteiger partial charge >= 0.3 is 5.97 Å². The number of carbonyl (C=O) groups excluding carboxylic acids is 2. The minimum Gasteiger partial charge on any atom is -0.479 e. The van der Waals surface area contributed by atoms with Gasteiger partial charge in [0.1, 0.15) is 0 Å². The number of carboxylic acid groups (broad SMARTS) is 1. The van der Waals surface area contributed by atoms with E-state index >= 15 is 0 Å². The van der Waals surface area contributed by atoms with E-state index in [0.29, 0.717) is 0 Å². The van der Waals surface area contributed by atoms with Crippen molar-refractivity contribution in [3.8, 4) is 0 Å². The summed E-state index contributed by atoms with van der Waals surface area (Å²) in [6.07, 6.45) is 0. The van der Waals surface area contributed by atoms with Crippen LogP contribution in [-0.2, 0) is 9.59 Å². The van der Waals surface area contributed by atoms with E-state index in [1.54, 1.807) is 0 Å². The van der Waals surface area contributed by atoms with E-state index in [9.17, 15) is 19.5 Å². The second-order valence-corrected chi connectivity index (χ2v) is 4.84. The lowest BCUT2D eigenvalue weighted by atomic mass is 10.1. The lowest BCUT2D eigenvalue weighted by molar-refractivity contribution is -0.155. The van der Waals surface area contributed by atoms with Crippen LogP contribution in [-0.4, -0.2) is 40.0 Å². The number of ketones is 1. The number of anilines is 1. The number of fused-ring (bicyclic) bond motifs is 1. The smallest absolute Gasteiger partial charge is 0.337 e. The fourth-order valence-corrected chi connectivity index (χ4v) is 2.12. The second-order valence-electron chi connectivity index (χ2n) is 4.44. The Balaban J connectivity index is 2.47. The molecule has 1 unspecified atom stereocenters. The van der Waals surface area contributed by atoms with E-state index < -0.39 is 29.8 Å².